The highest BCUT2D eigenvalue weighted by molar-refractivity contribution is 5.87. The van der Waals surface area contributed by atoms with Crippen molar-refractivity contribution in [3.8, 4) is 0 Å². The van der Waals surface area contributed by atoms with E-state index in [1.54, 1.807) is 24.5 Å². The van der Waals surface area contributed by atoms with Gasteiger partial charge < -0.3 is 20.9 Å². The number of halogens is 1. The second kappa shape index (κ2) is 10.6. The molecule has 7 nitrogen and oxygen atoms in total. The van der Waals surface area contributed by atoms with Gasteiger partial charge in [0.1, 0.15) is 17.5 Å². The number of nitrogens with zero attached hydrogens (tertiary/aromatic N) is 4. The lowest BCUT2D eigenvalue weighted by Crippen LogP contribution is -2.32. The number of likely N-dealkylation sites (N-methyl/N-ethyl adjacent to an activating group) is 1. The first-order valence-electron chi connectivity index (χ1n) is 11.5. The molecule has 0 radical (unpaired) electrons. The number of rotatable bonds is 9. The molecular formula is C26H31FN6O. The Kier molecular flexibility index (Phi) is 7.37. The van der Waals surface area contributed by atoms with Crippen molar-refractivity contribution in [1.82, 2.24) is 14.9 Å². The molecule has 1 aliphatic rings. The van der Waals surface area contributed by atoms with Gasteiger partial charge in [-0.15, -0.1) is 0 Å². The van der Waals surface area contributed by atoms with E-state index >= 15 is 0 Å². The Hall–Kier alpha value is -3.52. The summed E-state index contributed by atoms with van der Waals surface area (Å²) in [7, 11) is 4.19. The maximum absolute atomic E-state index is 13.6. The van der Waals surface area contributed by atoms with E-state index in [0.717, 1.165) is 30.9 Å². The number of amides is 1. The monoisotopic (exact) mass is 462 g/mol. The molecule has 1 aliphatic heterocycles. The molecular weight excluding hydrogens is 431 g/mol. The summed E-state index contributed by atoms with van der Waals surface area (Å²) in [6.07, 6.45) is 5.00. The van der Waals surface area contributed by atoms with Crippen LogP contribution in [0.3, 0.4) is 0 Å². The number of hydrogen-bond donors (Lipinski definition) is 2. The van der Waals surface area contributed by atoms with E-state index < -0.39 is 11.8 Å². The molecule has 3 heterocycles. The number of nitrogens with two attached hydrogens (primary N) is 1. The largest absolute Gasteiger partial charge is 0.369 e. The first-order chi connectivity index (χ1) is 16.4. The number of aromatic nitrogens is 2. The smallest absolute Gasteiger partial charge is 0.229 e. The van der Waals surface area contributed by atoms with Gasteiger partial charge in [-0.2, -0.15) is 0 Å². The molecule has 4 rings (SSSR count). The standard InChI is InChI=1S/C26H31FN6O/c1-32(2)21-11-14-33(17-21)23-9-8-22(24(25(28)34)19-6-4-12-29-16-19)26(31-23)30-13-10-18-5-3-7-20(27)15-18/h3-9,12,15-16,21,24H,10-11,13-14,17H2,1-2H3,(H2,28,34)(H,30,31). The molecule has 0 saturated carbocycles. The van der Waals surface area contributed by atoms with Gasteiger partial charge in [0, 0.05) is 43.6 Å². The second-order valence-electron chi connectivity index (χ2n) is 8.89. The van der Waals surface area contributed by atoms with E-state index in [2.05, 4.69) is 34.2 Å². The van der Waals surface area contributed by atoms with Gasteiger partial charge in [0.05, 0.1) is 5.92 Å². The zero-order valence-electron chi connectivity index (χ0n) is 19.6. The summed E-state index contributed by atoms with van der Waals surface area (Å²) in [5.41, 5.74) is 8.14. The molecule has 2 unspecified atom stereocenters. The minimum absolute atomic E-state index is 0.256. The molecule has 1 saturated heterocycles. The van der Waals surface area contributed by atoms with Gasteiger partial charge >= 0.3 is 0 Å². The van der Waals surface area contributed by atoms with E-state index in [4.69, 9.17) is 10.7 Å². The highest BCUT2D eigenvalue weighted by Crippen LogP contribution is 2.32. The Morgan fingerprint density at radius 2 is 2.12 bits per heavy atom. The van der Waals surface area contributed by atoms with Gasteiger partial charge in [-0.1, -0.05) is 24.3 Å². The topological polar surface area (TPSA) is 87.4 Å². The van der Waals surface area contributed by atoms with E-state index in [1.807, 2.05) is 24.3 Å². The Morgan fingerprint density at radius 3 is 2.79 bits per heavy atom. The predicted octanol–water partition coefficient (Wildman–Crippen LogP) is 3.03. The van der Waals surface area contributed by atoms with Crippen molar-refractivity contribution in [3.63, 3.8) is 0 Å². The fourth-order valence-electron chi connectivity index (χ4n) is 4.44. The number of benzene rings is 1. The summed E-state index contributed by atoms with van der Waals surface area (Å²) in [4.78, 5) is 26.1. The molecule has 8 heteroatoms. The lowest BCUT2D eigenvalue weighted by molar-refractivity contribution is -0.118. The van der Waals surface area contributed by atoms with E-state index in [1.165, 1.54) is 12.1 Å². The van der Waals surface area contributed by atoms with Crippen molar-refractivity contribution in [2.75, 3.05) is 43.9 Å². The van der Waals surface area contributed by atoms with Crippen LogP contribution in [0.25, 0.3) is 0 Å². The van der Waals surface area contributed by atoms with Crippen LogP contribution in [-0.4, -0.2) is 60.5 Å². The lowest BCUT2D eigenvalue weighted by Gasteiger charge is -2.24. The Balaban J connectivity index is 1.63. The van der Waals surface area contributed by atoms with Crippen molar-refractivity contribution in [2.24, 2.45) is 5.73 Å². The normalized spacial score (nSPS) is 16.6. The minimum Gasteiger partial charge on any atom is -0.369 e. The Bertz CT molecular complexity index is 1120. The zero-order chi connectivity index (χ0) is 24.1. The number of anilines is 2. The molecule has 34 heavy (non-hydrogen) atoms. The van der Waals surface area contributed by atoms with Crippen molar-refractivity contribution >= 4 is 17.5 Å². The molecule has 3 N–H and O–H groups in total. The highest BCUT2D eigenvalue weighted by Gasteiger charge is 2.28. The molecule has 0 bridgehead atoms. The zero-order valence-corrected chi connectivity index (χ0v) is 19.6. The van der Waals surface area contributed by atoms with Crippen LogP contribution in [0, 0.1) is 5.82 Å². The molecule has 1 aromatic carbocycles. The summed E-state index contributed by atoms with van der Waals surface area (Å²) in [6, 6.07) is 14.5. The molecule has 2 atom stereocenters. The van der Waals surface area contributed by atoms with Crippen LogP contribution in [0.4, 0.5) is 16.0 Å². The van der Waals surface area contributed by atoms with Gasteiger partial charge in [-0.25, -0.2) is 9.37 Å². The van der Waals surface area contributed by atoms with Crippen LogP contribution in [0.15, 0.2) is 60.9 Å². The van der Waals surface area contributed by atoms with Gasteiger partial charge in [-0.3, -0.25) is 9.78 Å². The van der Waals surface area contributed by atoms with Crippen LogP contribution in [-0.2, 0) is 11.2 Å². The van der Waals surface area contributed by atoms with E-state index in [0.29, 0.717) is 36.0 Å². The van der Waals surface area contributed by atoms with Crippen LogP contribution < -0.4 is 16.0 Å². The lowest BCUT2D eigenvalue weighted by atomic mass is 9.92. The number of pyridine rings is 2. The summed E-state index contributed by atoms with van der Waals surface area (Å²) in [5.74, 6) is 0.0587. The Morgan fingerprint density at radius 1 is 1.26 bits per heavy atom. The van der Waals surface area contributed by atoms with Crippen LogP contribution >= 0.6 is 0 Å². The quantitative estimate of drug-likeness (QED) is 0.508. The van der Waals surface area contributed by atoms with Gasteiger partial charge in [0.2, 0.25) is 5.91 Å². The highest BCUT2D eigenvalue weighted by atomic mass is 19.1. The molecule has 1 amide bonds. The Labute approximate surface area is 199 Å². The average molecular weight is 463 g/mol. The number of nitrogens with one attached hydrogen (secondary N) is 1. The number of carbonyl (C=O) groups is 1. The molecule has 3 aromatic rings. The third kappa shape index (κ3) is 5.51. The van der Waals surface area contributed by atoms with Crippen LogP contribution in [0.5, 0.6) is 0 Å². The fraction of sp³-hybridized carbons (Fsp3) is 0.346. The predicted molar refractivity (Wildman–Crippen MR) is 132 cm³/mol. The minimum atomic E-state index is -0.681. The van der Waals surface area contributed by atoms with Gasteiger partial charge in [-0.05, 0) is 62.3 Å². The third-order valence-corrected chi connectivity index (χ3v) is 6.34. The maximum Gasteiger partial charge on any atom is 0.229 e. The molecule has 178 valence electrons. The van der Waals surface area contributed by atoms with Crippen molar-refractivity contribution in [2.45, 2.75) is 24.8 Å². The van der Waals surface area contributed by atoms with Crippen molar-refractivity contribution in [3.05, 3.63) is 83.4 Å². The van der Waals surface area contributed by atoms with E-state index in [9.17, 15) is 9.18 Å². The molecule has 0 spiro atoms. The number of carbonyl (C=O) groups excluding carboxylic acids is 1. The SMILES string of the molecule is CN(C)C1CCN(c2ccc(C(C(N)=O)c3cccnc3)c(NCCc3cccc(F)c3)n2)C1. The first kappa shape index (κ1) is 23.6. The summed E-state index contributed by atoms with van der Waals surface area (Å²) >= 11 is 0. The van der Waals surface area contributed by atoms with Gasteiger partial charge in [0.25, 0.3) is 0 Å². The van der Waals surface area contributed by atoms with Crippen molar-refractivity contribution < 1.29 is 9.18 Å². The summed E-state index contributed by atoms with van der Waals surface area (Å²) in [6.45, 7) is 2.34. The van der Waals surface area contributed by atoms with Crippen molar-refractivity contribution in [1.29, 1.82) is 0 Å². The number of primary amides is 1. The number of hydrogen-bond acceptors (Lipinski definition) is 6. The molecule has 1 fully saturated rings. The van der Waals surface area contributed by atoms with Gasteiger partial charge in [0.15, 0.2) is 0 Å². The first-order valence-corrected chi connectivity index (χ1v) is 11.5. The summed E-state index contributed by atoms with van der Waals surface area (Å²) in [5, 5.41) is 3.39. The van der Waals surface area contributed by atoms with E-state index in [-0.39, 0.29) is 5.82 Å². The fourth-order valence-corrected chi connectivity index (χ4v) is 4.44. The summed E-state index contributed by atoms with van der Waals surface area (Å²) < 4.78 is 13.6. The third-order valence-electron chi connectivity index (χ3n) is 6.34. The second-order valence-corrected chi connectivity index (χ2v) is 8.89. The van der Waals surface area contributed by atoms with Crippen LogP contribution in [0.2, 0.25) is 0 Å². The average Bonchev–Trinajstić information content (AvgIpc) is 3.31. The maximum atomic E-state index is 13.6. The molecule has 0 aliphatic carbocycles. The molecule has 2 aromatic heterocycles. The van der Waals surface area contributed by atoms with Crippen LogP contribution in [0.1, 0.15) is 29.0 Å².